The van der Waals surface area contributed by atoms with E-state index in [0.29, 0.717) is 6.54 Å². The summed E-state index contributed by atoms with van der Waals surface area (Å²) in [5.74, 6) is -0.00875. The van der Waals surface area contributed by atoms with Crippen molar-refractivity contribution in [2.24, 2.45) is 0 Å². The first-order chi connectivity index (χ1) is 11.4. The maximum absolute atomic E-state index is 12.9. The van der Waals surface area contributed by atoms with Crippen molar-refractivity contribution in [2.75, 3.05) is 26.7 Å². The van der Waals surface area contributed by atoms with Crippen LogP contribution in [0.4, 0.5) is 0 Å². The summed E-state index contributed by atoms with van der Waals surface area (Å²) in [6.07, 6.45) is 3.00. The molecule has 0 saturated heterocycles. The molecular weight excluding hydrogens is 328 g/mol. The monoisotopic (exact) mass is 356 g/mol. The second-order valence-electron chi connectivity index (χ2n) is 5.64. The van der Waals surface area contributed by atoms with E-state index in [9.17, 15) is 13.2 Å². The number of hydrogen-bond donors (Lipinski definition) is 1. The number of carbonyl (C=O) groups is 1. The number of nitrogens with zero attached hydrogens (tertiary/aromatic N) is 1. The molecule has 0 saturated carbocycles. The van der Waals surface area contributed by atoms with E-state index in [-0.39, 0.29) is 29.6 Å². The molecule has 1 amide bonds. The summed E-state index contributed by atoms with van der Waals surface area (Å²) in [4.78, 5) is 12.1. The average molecular weight is 356 g/mol. The van der Waals surface area contributed by atoms with E-state index in [0.717, 1.165) is 24.8 Å². The maximum Gasteiger partial charge on any atom is 0.247 e. The van der Waals surface area contributed by atoms with Gasteiger partial charge in [-0.25, -0.2) is 8.42 Å². The van der Waals surface area contributed by atoms with E-state index in [1.54, 1.807) is 25.1 Å². The molecule has 0 radical (unpaired) electrons. The van der Waals surface area contributed by atoms with Crippen LogP contribution in [0.15, 0.2) is 23.1 Å². The highest BCUT2D eigenvalue weighted by Crippen LogP contribution is 2.27. The molecule has 0 aliphatic rings. The highest BCUT2D eigenvalue weighted by Gasteiger charge is 2.28. The Balaban J connectivity index is 2.90. The van der Waals surface area contributed by atoms with Crippen LogP contribution >= 0.6 is 0 Å². The summed E-state index contributed by atoms with van der Waals surface area (Å²) in [7, 11) is -2.37. The number of aryl methyl sites for hydroxylation is 1. The van der Waals surface area contributed by atoms with E-state index < -0.39 is 10.0 Å². The highest BCUT2D eigenvalue weighted by atomic mass is 32.2. The third-order valence-electron chi connectivity index (χ3n) is 3.71. The minimum atomic E-state index is -3.80. The predicted molar refractivity (Wildman–Crippen MR) is 94.7 cm³/mol. The molecule has 1 aromatic rings. The lowest BCUT2D eigenvalue weighted by molar-refractivity contribution is -0.121. The molecule has 0 heterocycles. The van der Waals surface area contributed by atoms with Gasteiger partial charge in [-0.05, 0) is 31.0 Å². The molecule has 0 aromatic heterocycles. The normalized spacial score (nSPS) is 11.5. The van der Waals surface area contributed by atoms with Crippen LogP contribution in [-0.2, 0) is 14.8 Å². The van der Waals surface area contributed by atoms with Gasteiger partial charge in [0, 0.05) is 13.1 Å². The van der Waals surface area contributed by atoms with Gasteiger partial charge in [0.05, 0.1) is 13.7 Å². The van der Waals surface area contributed by atoms with Crippen molar-refractivity contribution in [1.82, 2.24) is 9.62 Å². The number of rotatable bonds is 10. The molecule has 7 heteroatoms. The Kier molecular flexibility index (Phi) is 8.21. The van der Waals surface area contributed by atoms with Crippen LogP contribution in [0.3, 0.4) is 0 Å². The number of hydrogen-bond acceptors (Lipinski definition) is 4. The summed E-state index contributed by atoms with van der Waals surface area (Å²) < 4.78 is 32.1. The predicted octanol–water partition coefficient (Wildman–Crippen LogP) is 2.32. The number of amides is 1. The Bertz CT molecular complexity index is 644. The van der Waals surface area contributed by atoms with Crippen LogP contribution in [0.25, 0.3) is 0 Å². The SMILES string of the molecule is CCCCCNC(=O)CN(CC)S(=O)(=O)c1cc(C)ccc1OC. The molecule has 0 spiro atoms. The summed E-state index contributed by atoms with van der Waals surface area (Å²) >= 11 is 0. The van der Waals surface area contributed by atoms with Crippen LogP contribution in [0, 0.1) is 6.92 Å². The van der Waals surface area contributed by atoms with Gasteiger partial charge in [0.15, 0.2) is 0 Å². The highest BCUT2D eigenvalue weighted by molar-refractivity contribution is 7.89. The second-order valence-corrected chi connectivity index (χ2v) is 7.55. The van der Waals surface area contributed by atoms with Gasteiger partial charge in [0.1, 0.15) is 10.6 Å². The van der Waals surface area contributed by atoms with Crippen LogP contribution in [0.2, 0.25) is 0 Å². The molecule has 1 N–H and O–H groups in total. The van der Waals surface area contributed by atoms with E-state index in [1.165, 1.54) is 11.4 Å². The number of benzene rings is 1. The van der Waals surface area contributed by atoms with Crippen molar-refractivity contribution in [3.63, 3.8) is 0 Å². The molecule has 0 aliphatic carbocycles. The molecule has 24 heavy (non-hydrogen) atoms. The van der Waals surface area contributed by atoms with Gasteiger partial charge in [-0.1, -0.05) is 32.8 Å². The number of likely N-dealkylation sites (N-methyl/N-ethyl adjacent to an activating group) is 1. The number of ether oxygens (including phenoxy) is 1. The minimum absolute atomic E-state index is 0.0885. The third-order valence-corrected chi connectivity index (χ3v) is 5.65. The third kappa shape index (κ3) is 5.49. The first-order valence-corrected chi connectivity index (χ1v) is 9.72. The Labute approximate surface area is 145 Å². The fraction of sp³-hybridized carbons (Fsp3) is 0.588. The Morgan fingerprint density at radius 1 is 1.25 bits per heavy atom. The number of carbonyl (C=O) groups excluding carboxylic acids is 1. The first-order valence-electron chi connectivity index (χ1n) is 8.28. The lowest BCUT2D eigenvalue weighted by atomic mass is 10.2. The van der Waals surface area contributed by atoms with Crippen molar-refractivity contribution in [1.29, 1.82) is 0 Å². The summed E-state index contributed by atoms with van der Waals surface area (Å²) in [5, 5.41) is 2.77. The van der Waals surface area contributed by atoms with Gasteiger partial charge in [-0.15, -0.1) is 0 Å². The molecule has 0 unspecified atom stereocenters. The molecule has 0 bridgehead atoms. The van der Waals surface area contributed by atoms with Gasteiger partial charge < -0.3 is 10.1 Å². The fourth-order valence-corrected chi connectivity index (χ4v) is 3.96. The zero-order valence-corrected chi connectivity index (χ0v) is 15.8. The molecule has 6 nitrogen and oxygen atoms in total. The van der Waals surface area contributed by atoms with Crippen molar-refractivity contribution >= 4 is 15.9 Å². The largest absolute Gasteiger partial charge is 0.495 e. The zero-order chi connectivity index (χ0) is 18.2. The molecular formula is C17H28N2O4S. The van der Waals surface area contributed by atoms with Crippen LogP contribution in [0.1, 0.15) is 38.7 Å². The number of methoxy groups -OCH3 is 1. The number of sulfonamides is 1. The molecule has 1 rings (SSSR count). The van der Waals surface area contributed by atoms with Gasteiger partial charge in [-0.3, -0.25) is 4.79 Å². The van der Waals surface area contributed by atoms with Gasteiger partial charge in [-0.2, -0.15) is 4.31 Å². The van der Waals surface area contributed by atoms with Crippen LogP contribution in [-0.4, -0.2) is 45.4 Å². The summed E-state index contributed by atoms with van der Waals surface area (Å²) in [6, 6.07) is 4.98. The smallest absolute Gasteiger partial charge is 0.247 e. The fourth-order valence-electron chi connectivity index (χ4n) is 2.31. The Hall–Kier alpha value is -1.60. The van der Waals surface area contributed by atoms with Gasteiger partial charge in [0.25, 0.3) is 0 Å². The van der Waals surface area contributed by atoms with Crippen molar-refractivity contribution < 1.29 is 17.9 Å². The maximum atomic E-state index is 12.9. The molecule has 0 atom stereocenters. The van der Waals surface area contributed by atoms with E-state index in [2.05, 4.69) is 12.2 Å². The Morgan fingerprint density at radius 3 is 2.54 bits per heavy atom. The lowest BCUT2D eigenvalue weighted by Gasteiger charge is -2.21. The van der Waals surface area contributed by atoms with Crippen LogP contribution in [0.5, 0.6) is 5.75 Å². The Morgan fingerprint density at radius 2 is 1.96 bits per heavy atom. The van der Waals surface area contributed by atoms with Gasteiger partial charge in [0.2, 0.25) is 15.9 Å². The average Bonchev–Trinajstić information content (AvgIpc) is 2.56. The van der Waals surface area contributed by atoms with E-state index >= 15 is 0 Å². The minimum Gasteiger partial charge on any atom is -0.495 e. The van der Waals surface area contributed by atoms with Crippen molar-refractivity contribution in [3.05, 3.63) is 23.8 Å². The molecule has 1 aromatic carbocycles. The summed E-state index contributed by atoms with van der Waals surface area (Å²) in [5.41, 5.74) is 0.814. The van der Waals surface area contributed by atoms with E-state index in [4.69, 9.17) is 4.74 Å². The second kappa shape index (κ2) is 9.64. The summed E-state index contributed by atoms with van der Waals surface area (Å²) in [6.45, 7) is 6.20. The van der Waals surface area contributed by atoms with Crippen molar-refractivity contribution in [3.8, 4) is 5.75 Å². The molecule has 0 fully saturated rings. The zero-order valence-electron chi connectivity index (χ0n) is 15.0. The lowest BCUT2D eigenvalue weighted by Crippen LogP contribution is -2.41. The number of nitrogens with one attached hydrogen (secondary N) is 1. The standard InChI is InChI=1S/C17H28N2O4S/c1-5-7-8-11-18-17(20)13-19(6-2)24(21,22)16-12-14(3)9-10-15(16)23-4/h9-10,12H,5-8,11,13H2,1-4H3,(H,18,20). The molecule has 0 aliphatic heterocycles. The van der Waals surface area contributed by atoms with Gasteiger partial charge >= 0.3 is 0 Å². The van der Waals surface area contributed by atoms with Crippen molar-refractivity contribution in [2.45, 2.75) is 44.9 Å². The number of unbranched alkanes of at least 4 members (excludes halogenated alkanes) is 2. The van der Waals surface area contributed by atoms with Crippen LogP contribution < -0.4 is 10.1 Å². The molecule has 136 valence electrons. The van der Waals surface area contributed by atoms with E-state index in [1.807, 2.05) is 6.92 Å². The quantitative estimate of drug-likeness (QED) is 0.653. The topological polar surface area (TPSA) is 75.7 Å². The first kappa shape index (κ1) is 20.4.